The van der Waals surface area contributed by atoms with Crippen LogP contribution in [-0.4, -0.2) is 22.2 Å². The second-order valence-electron chi connectivity index (χ2n) is 5.14. The molecule has 1 aliphatic heterocycles. The van der Waals surface area contributed by atoms with E-state index >= 15 is 0 Å². The predicted molar refractivity (Wildman–Crippen MR) is 69.0 cm³/mol. The lowest BCUT2D eigenvalue weighted by molar-refractivity contribution is -0.117. The molecule has 2 heterocycles. The molecule has 2 fully saturated rings. The van der Waals surface area contributed by atoms with Crippen molar-refractivity contribution in [2.75, 3.05) is 11.4 Å². The summed E-state index contributed by atoms with van der Waals surface area (Å²) in [4.78, 5) is 13.8. The Balaban J connectivity index is 1.87. The average molecular weight is 243 g/mol. The van der Waals surface area contributed by atoms with E-state index in [0.717, 1.165) is 18.7 Å². The van der Waals surface area contributed by atoms with Gasteiger partial charge in [0.1, 0.15) is 5.82 Å². The van der Waals surface area contributed by atoms with Crippen LogP contribution < -0.4 is 4.90 Å². The predicted octanol–water partition coefficient (Wildman–Crippen LogP) is 1.98. The Labute approximate surface area is 107 Å². The molecule has 1 atom stereocenters. The van der Waals surface area contributed by atoms with E-state index in [-0.39, 0.29) is 11.8 Å². The van der Waals surface area contributed by atoms with Crippen LogP contribution in [0.1, 0.15) is 38.1 Å². The number of hydrogen-bond donors (Lipinski definition) is 0. The lowest BCUT2D eigenvalue weighted by atomic mass is 10.1. The Bertz CT molecular complexity index is 493. The van der Waals surface area contributed by atoms with Crippen molar-refractivity contribution in [3.63, 3.8) is 0 Å². The van der Waals surface area contributed by atoms with Crippen LogP contribution in [0, 0.1) is 18.3 Å². The monoisotopic (exact) mass is 243 g/mol. The third kappa shape index (κ3) is 1.80. The van der Waals surface area contributed by atoms with E-state index in [1.54, 1.807) is 11.1 Å². The van der Waals surface area contributed by atoms with Crippen molar-refractivity contribution in [2.24, 2.45) is 5.92 Å². The summed E-state index contributed by atoms with van der Waals surface area (Å²) in [7, 11) is 0. The van der Waals surface area contributed by atoms with Gasteiger partial charge in [-0.2, -0.15) is 5.10 Å². The smallest absolute Gasteiger partial charge is 0.229 e. The van der Waals surface area contributed by atoms with Gasteiger partial charge < -0.3 is 0 Å². The fourth-order valence-corrected chi connectivity index (χ4v) is 2.99. The van der Waals surface area contributed by atoms with Gasteiger partial charge in [-0.05, 0) is 12.8 Å². The van der Waals surface area contributed by atoms with Gasteiger partial charge in [0.2, 0.25) is 5.91 Å². The summed E-state index contributed by atoms with van der Waals surface area (Å²) in [5.41, 5.74) is 0. The Morgan fingerprint density at radius 2 is 2.17 bits per heavy atom. The van der Waals surface area contributed by atoms with Gasteiger partial charge in [0.15, 0.2) is 0 Å². The number of nitrogens with zero attached hydrogens (tertiary/aromatic N) is 3. The molecule has 1 saturated carbocycles. The molecule has 0 spiro atoms. The van der Waals surface area contributed by atoms with Gasteiger partial charge in [0.25, 0.3) is 0 Å². The Morgan fingerprint density at radius 3 is 2.83 bits per heavy atom. The van der Waals surface area contributed by atoms with Gasteiger partial charge in [0, 0.05) is 24.9 Å². The number of amides is 1. The van der Waals surface area contributed by atoms with Crippen LogP contribution in [0.5, 0.6) is 0 Å². The zero-order valence-corrected chi connectivity index (χ0v) is 10.4. The summed E-state index contributed by atoms with van der Waals surface area (Å²) < 4.78 is 2.02. The summed E-state index contributed by atoms with van der Waals surface area (Å²) in [5.74, 6) is 3.77. The lowest BCUT2D eigenvalue weighted by Crippen LogP contribution is -2.28. The molecule has 1 amide bonds. The van der Waals surface area contributed by atoms with Gasteiger partial charge in [0.05, 0.1) is 12.2 Å². The quantitative estimate of drug-likeness (QED) is 0.745. The standard InChI is InChI=1S/C14H17N3O/c1-2-11-9-14(18)16(10-11)13-7-8-15-17(13)12-5-3-4-6-12/h1,7-8,11-12H,3-6,9-10H2. The van der Waals surface area contributed by atoms with Gasteiger partial charge in [-0.25, -0.2) is 4.68 Å². The van der Waals surface area contributed by atoms with Crippen molar-refractivity contribution in [3.05, 3.63) is 12.3 Å². The SMILES string of the molecule is C#CC1CC(=O)N(c2ccnn2C2CCCC2)C1. The third-order valence-electron chi connectivity index (χ3n) is 3.96. The third-order valence-corrected chi connectivity index (χ3v) is 3.96. The molecule has 18 heavy (non-hydrogen) atoms. The summed E-state index contributed by atoms with van der Waals surface area (Å²) in [6.07, 6.45) is 12.5. The Morgan fingerprint density at radius 1 is 1.39 bits per heavy atom. The normalized spacial score (nSPS) is 24.7. The van der Waals surface area contributed by atoms with E-state index < -0.39 is 0 Å². The van der Waals surface area contributed by atoms with E-state index in [0.29, 0.717) is 19.0 Å². The number of terminal acetylenes is 1. The Kier molecular flexibility index (Phi) is 2.83. The summed E-state index contributed by atoms with van der Waals surface area (Å²) in [5, 5.41) is 4.40. The minimum Gasteiger partial charge on any atom is -0.296 e. The maximum absolute atomic E-state index is 12.0. The second-order valence-corrected chi connectivity index (χ2v) is 5.14. The van der Waals surface area contributed by atoms with Crippen molar-refractivity contribution in [2.45, 2.75) is 38.1 Å². The van der Waals surface area contributed by atoms with Gasteiger partial charge in [-0.15, -0.1) is 12.3 Å². The van der Waals surface area contributed by atoms with Crippen molar-refractivity contribution < 1.29 is 4.79 Å². The summed E-state index contributed by atoms with van der Waals surface area (Å²) >= 11 is 0. The Hall–Kier alpha value is -1.76. The second kappa shape index (κ2) is 4.49. The van der Waals surface area contributed by atoms with E-state index in [4.69, 9.17) is 6.42 Å². The van der Waals surface area contributed by atoms with Gasteiger partial charge in [-0.3, -0.25) is 9.69 Å². The lowest BCUT2D eigenvalue weighted by Gasteiger charge is -2.21. The van der Waals surface area contributed by atoms with Crippen LogP contribution in [0.4, 0.5) is 5.82 Å². The molecule has 1 saturated heterocycles. The summed E-state index contributed by atoms with van der Waals surface area (Å²) in [6, 6.07) is 2.38. The van der Waals surface area contributed by atoms with Crippen molar-refractivity contribution in [3.8, 4) is 12.3 Å². The molecule has 4 heteroatoms. The van der Waals surface area contributed by atoms with E-state index in [1.165, 1.54) is 12.8 Å². The molecule has 3 rings (SSSR count). The van der Waals surface area contributed by atoms with Crippen LogP contribution in [0.15, 0.2) is 12.3 Å². The zero-order chi connectivity index (χ0) is 12.5. The van der Waals surface area contributed by atoms with Crippen LogP contribution >= 0.6 is 0 Å². The first-order chi connectivity index (χ1) is 8.79. The highest BCUT2D eigenvalue weighted by Gasteiger charge is 2.32. The van der Waals surface area contributed by atoms with Gasteiger partial charge in [-0.1, -0.05) is 12.8 Å². The largest absolute Gasteiger partial charge is 0.296 e. The highest BCUT2D eigenvalue weighted by atomic mass is 16.2. The van der Waals surface area contributed by atoms with Crippen LogP contribution in [0.3, 0.4) is 0 Å². The van der Waals surface area contributed by atoms with Crippen LogP contribution in [0.2, 0.25) is 0 Å². The highest BCUT2D eigenvalue weighted by molar-refractivity contribution is 5.95. The number of carbonyl (C=O) groups excluding carboxylic acids is 1. The molecular formula is C14H17N3O. The molecule has 94 valence electrons. The molecule has 0 bridgehead atoms. The van der Waals surface area contributed by atoms with Gasteiger partial charge >= 0.3 is 0 Å². The molecule has 2 aliphatic rings. The number of hydrogen-bond acceptors (Lipinski definition) is 2. The van der Waals surface area contributed by atoms with Crippen LogP contribution in [-0.2, 0) is 4.79 Å². The van der Waals surface area contributed by atoms with E-state index in [9.17, 15) is 4.79 Å². The summed E-state index contributed by atoms with van der Waals surface area (Å²) in [6.45, 7) is 0.633. The first-order valence-electron chi connectivity index (χ1n) is 6.59. The topological polar surface area (TPSA) is 38.1 Å². The molecule has 0 radical (unpaired) electrons. The number of anilines is 1. The number of rotatable bonds is 2. The molecule has 0 aromatic carbocycles. The van der Waals surface area contributed by atoms with E-state index in [1.807, 2.05) is 10.7 Å². The van der Waals surface area contributed by atoms with Crippen LogP contribution in [0.25, 0.3) is 0 Å². The molecule has 1 aliphatic carbocycles. The molecule has 1 aromatic heterocycles. The number of aromatic nitrogens is 2. The first kappa shape index (κ1) is 11.3. The minimum atomic E-state index is 0.0458. The fourth-order valence-electron chi connectivity index (χ4n) is 2.99. The molecule has 0 N–H and O–H groups in total. The van der Waals surface area contributed by atoms with Crippen molar-refractivity contribution in [1.82, 2.24) is 9.78 Å². The zero-order valence-electron chi connectivity index (χ0n) is 10.4. The maximum atomic E-state index is 12.0. The van der Waals surface area contributed by atoms with Crippen molar-refractivity contribution in [1.29, 1.82) is 0 Å². The molecule has 1 unspecified atom stereocenters. The average Bonchev–Trinajstić information content (AvgIpc) is 3.07. The fraction of sp³-hybridized carbons (Fsp3) is 0.571. The minimum absolute atomic E-state index is 0.0458. The highest BCUT2D eigenvalue weighted by Crippen LogP contribution is 2.34. The molecular weight excluding hydrogens is 226 g/mol. The first-order valence-corrected chi connectivity index (χ1v) is 6.59. The maximum Gasteiger partial charge on any atom is 0.229 e. The molecule has 4 nitrogen and oxygen atoms in total. The van der Waals surface area contributed by atoms with E-state index in [2.05, 4.69) is 11.0 Å². The van der Waals surface area contributed by atoms with Crippen molar-refractivity contribution >= 4 is 11.7 Å². The number of carbonyl (C=O) groups is 1. The molecule has 1 aromatic rings.